The fourth-order valence-electron chi connectivity index (χ4n) is 2.82. The van der Waals surface area contributed by atoms with Crippen molar-refractivity contribution in [2.75, 3.05) is 11.9 Å². The highest BCUT2D eigenvalue weighted by atomic mass is 19.1. The summed E-state index contributed by atoms with van der Waals surface area (Å²) in [7, 11) is 0. The number of carbonyl (C=O) groups is 2. The molecule has 2 aromatic carbocycles. The van der Waals surface area contributed by atoms with Crippen LogP contribution in [0.5, 0.6) is 0 Å². The normalized spacial score (nSPS) is 17.4. The van der Waals surface area contributed by atoms with E-state index >= 15 is 0 Å². The molecule has 124 valence electrons. The molecule has 5 heteroatoms. The number of halogens is 1. The topological polar surface area (TPSA) is 49.4 Å². The van der Waals surface area contributed by atoms with E-state index in [-0.39, 0.29) is 30.6 Å². The van der Waals surface area contributed by atoms with Gasteiger partial charge in [0.15, 0.2) is 0 Å². The maximum Gasteiger partial charge on any atom is 0.252 e. The number of nitrogens with one attached hydrogen (secondary N) is 1. The number of nitrogens with zero attached hydrogens (tertiary/aromatic N) is 1. The van der Waals surface area contributed by atoms with Gasteiger partial charge in [-0.05, 0) is 37.1 Å². The van der Waals surface area contributed by atoms with Crippen LogP contribution in [0, 0.1) is 12.7 Å². The van der Waals surface area contributed by atoms with Crippen molar-refractivity contribution in [3.8, 4) is 0 Å². The summed E-state index contributed by atoms with van der Waals surface area (Å²) in [4.78, 5) is 25.8. The predicted molar refractivity (Wildman–Crippen MR) is 90.0 cm³/mol. The molecule has 1 fully saturated rings. The highest BCUT2D eigenvalue weighted by Crippen LogP contribution is 2.19. The van der Waals surface area contributed by atoms with Gasteiger partial charge in [0.2, 0.25) is 5.91 Å². The zero-order valence-electron chi connectivity index (χ0n) is 13.5. The molecule has 1 saturated heterocycles. The van der Waals surface area contributed by atoms with Gasteiger partial charge < -0.3 is 5.32 Å². The molecule has 1 heterocycles. The van der Waals surface area contributed by atoms with Crippen molar-refractivity contribution in [3.63, 3.8) is 0 Å². The van der Waals surface area contributed by atoms with Crippen molar-refractivity contribution in [2.45, 2.75) is 25.8 Å². The van der Waals surface area contributed by atoms with Gasteiger partial charge in [0, 0.05) is 12.2 Å². The van der Waals surface area contributed by atoms with Gasteiger partial charge >= 0.3 is 0 Å². The smallest absolute Gasteiger partial charge is 0.252 e. The van der Waals surface area contributed by atoms with Crippen molar-refractivity contribution in [2.24, 2.45) is 0 Å². The number of amides is 2. The van der Waals surface area contributed by atoms with Gasteiger partial charge in [-0.2, -0.15) is 0 Å². The van der Waals surface area contributed by atoms with Crippen LogP contribution in [-0.4, -0.2) is 29.3 Å². The van der Waals surface area contributed by atoms with E-state index in [1.54, 1.807) is 18.2 Å². The van der Waals surface area contributed by atoms with E-state index in [0.717, 1.165) is 11.3 Å². The lowest BCUT2D eigenvalue weighted by Crippen LogP contribution is -2.36. The van der Waals surface area contributed by atoms with Crippen molar-refractivity contribution in [1.29, 1.82) is 0 Å². The molecule has 2 aromatic rings. The van der Waals surface area contributed by atoms with E-state index in [1.165, 1.54) is 11.0 Å². The summed E-state index contributed by atoms with van der Waals surface area (Å²) in [6, 6.07) is 13.5. The summed E-state index contributed by atoms with van der Waals surface area (Å²) in [6.07, 6.45) is 0.450. The van der Waals surface area contributed by atoms with Crippen LogP contribution in [0.2, 0.25) is 0 Å². The number of hydrogen-bond donors (Lipinski definition) is 1. The Labute approximate surface area is 140 Å². The van der Waals surface area contributed by atoms with Gasteiger partial charge in [-0.3, -0.25) is 14.5 Å². The molecule has 0 spiro atoms. The number of rotatable bonds is 5. The molecule has 1 atom stereocenters. The van der Waals surface area contributed by atoms with E-state index in [0.29, 0.717) is 12.0 Å². The second-order valence-corrected chi connectivity index (χ2v) is 5.99. The number of anilines is 1. The third-order valence-corrected chi connectivity index (χ3v) is 4.20. The summed E-state index contributed by atoms with van der Waals surface area (Å²) in [5.74, 6) is -0.788. The Morgan fingerprint density at radius 2 is 1.83 bits per heavy atom. The van der Waals surface area contributed by atoms with Crippen molar-refractivity contribution < 1.29 is 14.0 Å². The van der Waals surface area contributed by atoms with E-state index in [2.05, 4.69) is 5.32 Å². The van der Waals surface area contributed by atoms with Crippen LogP contribution in [0.25, 0.3) is 0 Å². The quantitative estimate of drug-likeness (QED) is 0.860. The van der Waals surface area contributed by atoms with Crippen LogP contribution < -0.4 is 5.32 Å². The first-order valence-corrected chi connectivity index (χ1v) is 7.95. The molecule has 2 amide bonds. The Kier molecular flexibility index (Phi) is 4.60. The number of aryl methyl sites for hydroxylation is 1. The predicted octanol–water partition coefficient (Wildman–Crippen LogP) is 2.92. The lowest BCUT2D eigenvalue weighted by atomic mass is 10.1. The van der Waals surface area contributed by atoms with E-state index in [1.807, 2.05) is 31.2 Å². The van der Waals surface area contributed by atoms with Gasteiger partial charge in [0.1, 0.15) is 11.9 Å². The fourth-order valence-corrected chi connectivity index (χ4v) is 2.82. The Morgan fingerprint density at radius 3 is 2.54 bits per heavy atom. The minimum atomic E-state index is -0.555. The van der Waals surface area contributed by atoms with Gasteiger partial charge in [-0.15, -0.1) is 0 Å². The Hall–Kier alpha value is -2.69. The number of carbonyl (C=O) groups excluding carboxylic acids is 2. The SMILES string of the molecule is Cc1ccc(NC2CC(=O)N(CCc3ccccc3F)C2=O)cc1. The Bertz CT molecular complexity index is 758. The molecule has 0 radical (unpaired) electrons. The van der Waals surface area contributed by atoms with Gasteiger partial charge in [-0.1, -0.05) is 35.9 Å². The van der Waals surface area contributed by atoms with Crippen LogP contribution in [0.1, 0.15) is 17.5 Å². The van der Waals surface area contributed by atoms with Gasteiger partial charge in [0.25, 0.3) is 5.91 Å². The number of likely N-dealkylation sites (tertiary alicyclic amines) is 1. The van der Waals surface area contributed by atoms with Crippen molar-refractivity contribution >= 4 is 17.5 Å². The van der Waals surface area contributed by atoms with Crippen molar-refractivity contribution in [1.82, 2.24) is 4.90 Å². The van der Waals surface area contributed by atoms with Gasteiger partial charge in [0.05, 0.1) is 6.42 Å². The average molecular weight is 326 g/mol. The molecular formula is C19H19FN2O2. The maximum atomic E-state index is 13.7. The minimum absolute atomic E-state index is 0.129. The molecule has 4 nitrogen and oxygen atoms in total. The minimum Gasteiger partial charge on any atom is -0.373 e. The zero-order chi connectivity index (χ0) is 17.1. The summed E-state index contributed by atoms with van der Waals surface area (Å²) in [6.45, 7) is 2.18. The zero-order valence-corrected chi connectivity index (χ0v) is 13.5. The summed E-state index contributed by atoms with van der Waals surface area (Å²) in [5.41, 5.74) is 2.44. The molecule has 1 aliphatic rings. The average Bonchev–Trinajstić information content (AvgIpc) is 2.83. The first kappa shape index (κ1) is 16.2. The molecule has 3 rings (SSSR count). The Balaban J connectivity index is 1.63. The largest absolute Gasteiger partial charge is 0.373 e. The monoisotopic (exact) mass is 326 g/mol. The van der Waals surface area contributed by atoms with E-state index < -0.39 is 6.04 Å². The van der Waals surface area contributed by atoms with Crippen molar-refractivity contribution in [3.05, 3.63) is 65.5 Å². The number of benzene rings is 2. The van der Waals surface area contributed by atoms with Crippen LogP contribution in [0.4, 0.5) is 10.1 Å². The van der Waals surface area contributed by atoms with Crippen LogP contribution in [-0.2, 0) is 16.0 Å². The molecule has 0 bridgehead atoms. The molecule has 0 aromatic heterocycles. The molecular weight excluding hydrogens is 307 g/mol. The Morgan fingerprint density at radius 1 is 1.12 bits per heavy atom. The molecule has 0 aliphatic carbocycles. The molecule has 1 aliphatic heterocycles. The van der Waals surface area contributed by atoms with E-state index in [4.69, 9.17) is 0 Å². The lowest BCUT2D eigenvalue weighted by molar-refractivity contribution is -0.138. The molecule has 1 unspecified atom stereocenters. The summed E-state index contributed by atoms with van der Waals surface area (Å²) >= 11 is 0. The molecule has 0 saturated carbocycles. The van der Waals surface area contributed by atoms with Crippen LogP contribution in [0.3, 0.4) is 0 Å². The summed E-state index contributed by atoms with van der Waals surface area (Å²) in [5, 5.41) is 3.10. The number of imide groups is 1. The second-order valence-electron chi connectivity index (χ2n) is 5.99. The lowest BCUT2D eigenvalue weighted by Gasteiger charge is -2.16. The summed E-state index contributed by atoms with van der Waals surface area (Å²) < 4.78 is 13.7. The second kappa shape index (κ2) is 6.83. The first-order chi connectivity index (χ1) is 11.5. The van der Waals surface area contributed by atoms with Gasteiger partial charge in [-0.25, -0.2) is 4.39 Å². The third kappa shape index (κ3) is 3.45. The third-order valence-electron chi connectivity index (χ3n) is 4.20. The highest BCUT2D eigenvalue weighted by molar-refractivity contribution is 6.06. The fraction of sp³-hybridized carbons (Fsp3) is 0.263. The van der Waals surface area contributed by atoms with Crippen LogP contribution in [0.15, 0.2) is 48.5 Å². The van der Waals surface area contributed by atoms with Crippen LogP contribution >= 0.6 is 0 Å². The highest BCUT2D eigenvalue weighted by Gasteiger charge is 2.38. The maximum absolute atomic E-state index is 13.7. The van der Waals surface area contributed by atoms with E-state index in [9.17, 15) is 14.0 Å². The first-order valence-electron chi connectivity index (χ1n) is 7.95. The number of hydrogen-bond acceptors (Lipinski definition) is 3. The molecule has 24 heavy (non-hydrogen) atoms. The standard InChI is InChI=1S/C19H19FN2O2/c1-13-6-8-15(9-7-13)21-17-12-18(23)22(19(17)24)11-10-14-4-2-3-5-16(14)20/h2-9,17,21H,10-12H2,1H3. The molecule has 1 N–H and O–H groups in total.